The molecule has 1 heterocycles. The van der Waals surface area contributed by atoms with Crippen molar-refractivity contribution in [2.45, 2.75) is 86.4 Å². The zero-order valence-electron chi connectivity index (χ0n) is 17.6. The van der Waals surface area contributed by atoms with E-state index < -0.39 is 5.60 Å². The number of carbonyl (C=O) groups is 1. The van der Waals surface area contributed by atoms with Crippen LogP contribution >= 0.6 is 0 Å². The lowest BCUT2D eigenvalue weighted by atomic mass is 10.1. The van der Waals surface area contributed by atoms with Crippen molar-refractivity contribution in [1.29, 1.82) is 0 Å². The summed E-state index contributed by atoms with van der Waals surface area (Å²) in [5.41, 5.74) is 2.33. The van der Waals surface area contributed by atoms with Crippen LogP contribution in [0.2, 0.25) is 0 Å². The molecule has 0 fully saturated rings. The van der Waals surface area contributed by atoms with Gasteiger partial charge in [-0.25, -0.2) is 4.79 Å². The zero-order valence-corrected chi connectivity index (χ0v) is 17.6. The van der Waals surface area contributed by atoms with Gasteiger partial charge in [0, 0.05) is 24.7 Å². The summed E-state index contributed by atoms with van der Waals surface area (Å²) >= 11 is 0. The summed E-state index contributed by atoms with van der Waals surface area (Å²) in [6.45, 7) is 21.2. The summed E-state index contributed by atoms with van der Waals surface area (Å²) in [5.74, 6) is 0. The molecule has 1 rings (SSSR count). The summed E-state index contributed by atoms with van der Waals surface area (Å²) < 4.78 is 7.58. The number of amides is 1. The predicted octanol–water partition coefficient (Wildman–Crippen LogP) is 4.53. The fourth-order valence-electron chi connectivity index (χ4n) is 2.73. The van der Waals surface area contributed by atoms with Crippen molar-refractivity contribution >= 4 is 11.8 Å². The maximum atomic E-state index is 12.5. The van der Waals surface area contributed by atoms with Crippen molar-refractivity contribution in [2.75, 3.05) is 18.4 Å². The Morgan fingerprint density at radius 1 is 1.20 bits per heavy atom. The topological polar surface area (TPSA) is 59.4 Å². The van der Waals surface area contributed by atoms with E-state index in [9.17, 15) is 4.79 Å². The van der Waals surface area contributed by atoms with E-state index in [0.29, 0.717) is 19.1 Å². The predicted molar refractivity (Wildman–Crippen MR) is 103 cm³/mol. The first-order chi connectivity index (χ1) is 11.2. The lowest BCUT2D eigenvalue weighted by Crippen LogP contribution is -2.49. The largest absolute Gasteiger partial charge is 0.444 e. The van der Waals surface area contributed by atoms with Crippen LogP contribution in [0.3, 0.4) is 0 Å². The minimum atomic E-state index is -0.500. The fourth-order valence-corrected chi connectivity index (χ4v) is 2.73. The van der Waals surface area contributed by atoms with Gasteiger partial charge in [-0.2, -0.15) is 5.10 Å². The standard InChI is InChI=1S/C19H36N4O2/c1-13(2)23-15(4)16(14(3)21-23)20-11-12-22(18(5,6)7)17(24)25-19(8,9)10/h13,20H,11-12H2,1-10H3. The number of hydrogen-bond acceptors (Lipinski definition) is 4. The Morgan fingerprint density at radius 2 is 1.76 bits per heavy atom. The number of nitrogens with one attached hydrogen (secondary N) is 1. The van der Waals surface area contributed by atoms with Crippen LogP contribution in [-0.2, 0) is 4.74 Å². The van der Waals surface area contributed by atoms with E-state index in [1.54, 1.807) is 4.90 Å². The van der Waals surface area contributed by atoms with E-state index in [1.165, 1.54) is 0 Å². The number of carbonyl (C=O) groups excluding carboxylic acids is 1. The van der Waals surface area contributed by atoms with Gasteiger partial charge in [0.1, 0.15) is 5.60 Å². The highest BCUT2D eigenvalue weighted by Crippen LogP contribution is 2.23. The van der Waals surface area contributed by atoms with Gasteiger partial charge in [-0.1, -0.05) is 0 Å². The number of nitrogens with zero attached hydrogens (tertiary/aromatic N) is 3. The summed E-state index contributed by atoms with van der Waals surface area (Å²) in [6.07, 6.45) is -0.284. The molecule has 1 N–H and O–H groups in total. The number of hydrogen-bond donors (Lipinski definition) is 1. The van der Waals surface area contributed by atoms with Crippen LogP contribution in [0.15, 0.2) is 0 Å². The van der Waals surface area contributed by atoms with Gasteiger partial charge in [-0.05, 0) is 69.2 Å². The Bertz CT molecular complexity index is 592. The van der Waals surface area contributed by atoms with Crippen LogP contribution in [0.1, 0.15) is 72.8 Å². The first kappa shape index (κ1) is 21.3. The van der Waals surface area contributed by atoms with E-state index in [2.05, 4.69) is 31.2 Å². The molecule has 1 amide bonds. The van der Waals surface area contributed by atoms with Gasteiger partial charge < -0.3 is 15.0 Å². The summed E-state index contributed by atoms with van der Waals surface area (Å²) in [6, 6.07) is 0.321. The average molecular weight is 353 g/mol. The van der Waals surface area contributed by atoms with Crippen molar-refractivity contribution in [3.05, 3.63) is 11.4 Å². The summed E-state index contributed by atoms with van der Waals surface area (Å²) in [7, 11) is 0. The molecule has 6 nitrogen and oxygen atoms in total. The third-order valence-corrected chi connectivity index (χ3v) is 3.87. The summed E-state index contributed by atoms with van der Waals surface area (Å²) in [5, 5.41) is 8.03. The molecular weight excluding hydrogens is 316 g/mol. The lowest BCUT2D eigenvalue weighted by molar-refractivity contribution is 0.00749. The molecule has 25 heavy (non-hydrogen) atoms. The van der Waals surface area contributed by atoms with Gasteiger partial charge in [0.15, 0.2) is 0 Å². The Balaban J connectivity index is 2.81. The number of rotatable bonds is 5. The Kier molecular flexibility index (Phi) is 6.54. The van der Waals surface area contributed by atoms with Crippen LogP contribution in [0, 0.1) is 13.8 Å². The molecule has 0 aromatic carbocycles. The number of anilines is 1. The molecule has 0 saturated heterocycles. The van der Waals surface area contributed by atoms with Gasteiger partial charge in [0.25, 0.3) is 0 Å². The van der Waals surface area contributed by atoms with Gasteiger partial charge in [-0.3, -0.25) is 4.68 Å². The van der Waals surface area contributed by atoms with Crippen molar-refractivity contribution in [2.24, 2.45) is 0 Å². The third kappa shape index (κ3) is 5.94. The number of aryl methyl sites for hydroxylation is 1. The van der Waals surface area contributed by atoms with Crippen molar-refractivity contribution in [3.63, 3.8) is 0 Å². The van der Waals surface area contributed by atoms with E-state index >= 15 is 0 Å². The minimum Gasteiger partial charge on any atom is -0.444 e. The minimum absolute atomic E-state index is 0.284. The zero-order chi connectivity index (χ0) is 19.6. The van der Waals surface area contributed by atoms with Crippen molar-refractivity contribution in [3.8, 4) is 0 Å². The molecule has 1 aromatic rings. The second-order valence-corrected chi connectivity index (χ2v) is 8.81. The van der Waals surface area contributed by atoms with Crippen LogP contribution in [0.4, 0.5) is 10.5 Å². The maximum absolute atomic E-state index is 12.5. The number of aromatic nitrogens is 2. The first-order valence-electron chi connectivity index (χ1n) is 9.04. The molecule has 144 valence electrons. The second kappa shape index (κ2) is 7.67. The van der Waals surface area contributed by atoms with E-state index in [4.69, 9.17) is 4.74 Å². The van der Waals surface area contributed by atoms with E-state index in [0.717, 1.165) is 17.1 Å². The SMILES string of the molecule is Cc1nn(C(C)C)c(C)c1NCCN(C(=O)OC(C)(C)C)C(C)(C)C. The van der Waals surface area contributed by atoms with E-state index in [-0.39, 0.29) is 11.6 Å². The maximum Gasteiger partial charge on any atom is 0.410 e. The highest BCUT2D eigenvalue weighted by molar-refractivity contribution is 5.69. The normalized spacial score (nSPS) is 12.4. The third-order valence-electron chi connectivity index (χ3n) is 3.87. The van der Waals surface area contributed by atoms with Crippen LogP contribution in [-0.4, -0.2) is 45.0 Å². The molecule has 0 aliphatic rings. The molecule has 0 aliphatic carbocycles. The van der Waals surface area contributed by atoms with Gasteiger partial charge in [0.2, 0.25) is 0 Å². The molecule has 0 saturated carbocycles. The highest BCUT2D eigenvalue weighted by Gasteiger charge is 2.30. The van der Waals surface area contributed by atoms with Crippen LogP contribution in [0.25, 0.3) is 0 Å². The number of ether oxygens (including phenoxy) is 1. The first-order valence-corrected chi connectivity index (χ1v) is 9.04. The molecule has 0 aliphatic heterocycles. The molecule has 0 atom stereocenters. The fraction of sp³-hybridized carbons (Fsp3) is 0.789. The van der Waals surface area contributed by atoms with Crippen molar-refractivity contribution in [1.82, 2.24) is 14.7 Å². The van der Waals surface area contributed by atoms with Crippen LogP contribution < -0.4 is 5.32 Å². The molecule has 0 bridgehead atoms. The Labute approximate surface area is 152 Å². The van der Waals surface area contributed by atoms with Gasteiger partial charge >= 0.3 is 6.09 Å². The Hall–Kier alpha value is -1.72. The molecule has 0 spiro atoms. The smallest absolute Gasteiger partial charge is 0.410 e. The second-order valence-electron chi connectivity index (χ2n) is 8.81. The Morgan fingerprint density at radius 3 is 2.16 bits per heavy atom. The van der Waals surface area contributed by atoms with E-state index in [1.807, 2.05) is 53.1 Å². The van der Waals surface area contributed by atoms with Gasteiger partial charge in [0.05, 0.1) is 17.1 Å². The molecule has 0 radical (unpaired) electrons. The summed E-state index contributed by atoms with van der Waals surface area (Å²) in [4.78, 5) is 14.3. The average Bonchev–Trinajstić information content (AvgIpc) is 2.67. The highest BCUT2D eigenvalue weighted by atomic mass is 16.6. The molecular formula is C19H36N4O2. The van der Waals surface area contributed by atoms with Gasteiger partial charge in [-0.15, -0.1) is 0 Å². The van der Waals surface area contributed by atoms with Crippen molar-refractivity contribution < 1.29 is 9.53 Å². The monoisotopic (exact) mass is 352 g/mol. The van der Waals surface area contributed by atoms with Crippen LogP contribution in [0.5, 0.6) is 0 Å². The quantitative estimate of drug-likeness (QED) is 0.846. The molecule has 0 unspecified atom stereocenters. The molecule has 1 aromatic heterocycles. The lowest BCUT2D eigenvalue weighted by Gasteiger charge is -2.37. The molecule has 6 heteroatoms.